The van der Waals surface area contributed by atoms with Gasteiger partial charge in [-0.15, -0.1) is 0 Å². The number of carbonyl (C=O) groups excluding carboxylic acids is 2. The Kier molecular flexibility index (Phi) is 4.39. The van der Waals surface area contributed by atoms with Gasteiger partial charge in [-0.05, 0) is 31.4 Å². The van der Waals surface area contributed by atoms with E-state index in [2.05, 4.69) is 10.6 Å². The van der Waals surface area contributed by atoms with Crippen molar-refractivity contribution >= 4 is 23.2 Å². The largest absolute Gasteiger partial charge is 0.397 e. The summed E-state index contributed by atoms with van der Waals surface area (Å²) >= 11 is 0. The second-order valence-electron chi connectivity index (χ2n) is 4.80. The minimum atomic E-state index is -0.0847. The van der Waals surface area contributed by atoms with Crippen molar-refractivity contribution in [2.45, 2.75) is 25.7 Å². The molecule has 1 fully saturated rings. The fourth-order valence-corrected chi connectivity index (χ4v) is 1.77. The number of hydrogen-bond donors (Lipinski definition) is 3. The molecule has 5 heteroatoms. The van der Waals surface area contributed by atoms with Crippen molar-refractivity contribution in [2.75, 3.05) is 17.6 Å². The quantitative estimate of drug-likeness (QED) is 0.536. The van der Waals surface area contributed by atoms with Crippen LogP contribution >= 0.6 is 0 Å². The normalized spacial score (nSPS) is 13.9. The van der Waals surface area contributed by atoms with Gasteiger partial charge in [-0.3, -0.25) is 9.59 Å². The van der Waals surface area contributed by atoms with E-state index in [0.29, 0.717) is 30.8 Å². The van der Waals surface area contributed by atoms with Crippen molar-refractivity contribution in [3.63, 3.8) is 0 Å². The average Bonchev–Trinajstić information content (AvgIpc) is 3.21. The number of rotatable bonds is 6. The first kappa shape index (κ1) is 13.4. The standard InChI is InChI=1S/C14H19N3O2/c15-11-4-1-2-5-12(11)17-13(18)6-3-9-16-14(19)10-7-8-10/h1-2,4-5,10H,3,6-9,15H2,(H,16,19)(H,17,18). The van der Waals surface area contributed by atoms with Gasteiger partial charge < -0.3 is 16.4 Å². The van der Waals surface area contributed by atoms with Crippen LogP contribution < -0.4 is 16.4 Å². The maximum Gasteiger partial charge on any atom is 0.224 e. The van der Waals surface area contributed by atoms with Crippen molar-refractivity contribution in [3.8, 4) is 0 Å². The van der Waals surface area contributed by atoms with Crippen LogP contribution in [0, 0.1) is 5.92 Å². The third-order valence-corrected chi connectivity index (χ3v) is 3.06. The Hall–Kier alpha value is -2.04. The summed E-state index contributed by atoms with van der Waals surface area (Å²) in [7, 11) is 0. The first-order valence-electron chi connectivity index (χ1n) is 6.59. The Morgan fingerprint density at radius 2 is 2.00 bits per heavy atom. The van der Waals surface area contributed by atoms with Gasteiger partial charge in [0.1, 0.15) is 0 Å². The first-order valence-corrected chi connectivity index (χ1v) is 6.59. The van der Waals surface area contributed by atoms with Crippen molar-refractivity contribution in [1.82, 2.24) is 5.32 Å². The maximum atomic E-state index is 11.7. The van der Waals surface area contributed by atoms with Crippen molar-refractivity contribution < 1.29 is 9.59 Å². The Bertz CT molecular complexity index is 470. The van der Waals surface area contributed by atoms with Gasteiger partial charge >= 0.3 is 0 Å². The van der Waals surface area contributed by atoms with Crippen molar-refractivity contribution in [1.29, 1.82) is 0 Å². The lowest BCUT2D eigenvalue weighted by atomic mass is 10.2. The van der Waals surface area contributed by atoms with Crippen molar-refractivity contribution in [2.24, 2.45) is 5.92 Å². The van der Waals surface area contributed by atoms with Gasteiger partial charge in [-0.2, -0.15) is 0 Å². The third-order valence-electron chi connectivity index (χ3n) is 3.06. The molecule has 2 rings (SSSR count). The molecule has 0 radical (unpaired) electrons. The van der Waals surface area contributed by atoms with E-state index < -0.39 is 0 Å². The molecular weight excluding hydrogens is 242 g/mol. The molecule has 1 aliphatic rings. The highest BCUT2D eigenvalue weighted by Crippen LogP contribution is 2.28. The number of carbonyl (C=O) groups is 2. The average molecular weight is 261 g/mol. The molecule has 0 bridgehead atoms. The highest BCUT2D eigenvalue weighted by Gasteiger charge is 2.28. The molecule has 0 aliphatic heterocycles. The van der Waals surface area contributed by atoms with E-state index in [0.717, 1.165) is 12.8 Å². The molecule has 4 N–H and O–H groups in total. The number of nitrogen functional groups attached to an aromatic ring is 1. The predicted molar refractivity (Wildman–Crippen MR) is 74.5 cm³/mol. The molecule has 0 aromatic heterocycles. The summed E-state index contributed by atoms with van der Waals surface area (Å²) in [6.45, 7) is 0.549. The van der Waals surface area contributed by atoms with Gasteiger partial charge in [-0.1, -0.05) is 12.1 Å². The molecule has 0 heterocycles. The van der Waals surface area contributed by atoms with Crippen LogP contribution in [0.5, 0.6) is 0 Å². The number of benzene rings is 1. The molecule has 1 aromatic rings. The Labute approximate surface area is 112 Å². The summed E-state index contributed by atoms with van der Waals surface area (Å²) in [4.78, 5) is 23.0. The number of amides is 2. The van der Waals surface area contributed by atoms with Gasteiger partial charge in [0.15, 0.2) is 0 Å². The molecule has 1 aromatic carbocycles. The number of nitrogens with two attached hydrogens (primary N) is 1. The number of hydrogen-bond acceptors (Lipinski definition) is 3. The topological polar surface area (TPSA) is 84.2 Å². The monoisotopic (exact) mass is 261 g/mol. The van der Waals surface area contributed by atoms with Gasteiger partial charge in [0.25, 0.3) is 0 Å². The van der Waals surface area contributed by atoms with Gasteiger partial charge in [0.2, 0.25) is 11.8 Å². The number of anilines is 2. The molecule has 0 saturated heterocycles. The van der Waals surface area contributed by atoms with Crippen LogP contribution in [0.4, 0.5) is 11.4 Å². The lowest BCUT2D eigenvalue weighted by Gasteiger charge is -2.08. The summed E-state index contributed by atoms with van der Waals surface area (Å²) in [5, 5.41) is 5.59. The zero-order valence-electron chi connectivity index (χ0n) is 10.8. The fourth-order valence-electron chi connectivity index (χ4n) is 1.77. The Balaban J connectivity index is 1.64. The molecule has 19 heavy (non-hydrogen) atoms. The minimum Gasteiger partial charge on any atom is -0.397 e. The van der Waals surface area contributed by atoms with E-state index in [1.165, 1.54) is 0 Å². The minimum absolute atomic E-state index is 0.0847. The molecular formula is C14H19N3O2. The zero-order valence-corrected chi connectivity index (χ0v) is 10.8. The van der Waals surface area contributed by atoms with Crippen LogP contribution in [-0.4, -0.2) is 18.4 Å². The molecule has 5 nitrogen and oxygen atoms in total. The van der Waals surface area contributed by atoms with Crippen LogP contribution in [0.3, 0.4) is 0 Å². The van der Waals surface area contributed by atoms with Crippen LogP contribution in [0.25, 0.3) is 0 Å². The Morgan fingerprint density at radius 3 is 2.68 bits per heavy atom. The van der Waals surface area contributed by atoms with E-state index in [9.17, 15) is 9.59 Å². The van der Waals surface area contributed by atoms with Gasteiger partial charge in [-0.25, -0.2) is 0 Å². The summed E-state index contributed by atoms with van der Waals surface area (Å²) in [5.74, 6) is 0.254. The predicted octanol–water partition coefficient (Wildman–Crippen LogP) is 1.51. The highest BCUT2D eigenvalue weighted by molar-refractivity contribution is 5.93. The fraction of sp³-hybridized carbons (Fsp3) is 0.429. The summed E-state index contributed by atoms with van der Waals surface area (Å²) in [6, 6.07) is 7.15. The van der Waals surface area contributed by atoms with E-state index in [1.54, 1.807) is 12.1 Å². The van der Waals surface area contributed by atoms with Crippen LogP contribution in [0.15, 0.2) is 24.3 Å². The smallest absolute Gasteiger partial charge is 0.224 e. The lowest BCUT2D eigenvalue weighted by Crippen LogP contribution is -2.26. The summed E-state index contributed by atoms with van der Waals surface area (Å²) in [5.41, 5.74) is 6.92. The maximum absolute atomic E-state index is 11.7. The Morgan fingerprint density at radius 1 is 1.26 bits per heavy atom. The molecule has 102 valence electrons. The molecule has 1 aliphatic carbocycles. The summed E-state index contributed by atoms with van der Waals surface area (Å²) in [6.07, 6.45) is 3.01. The van der Waals surface area contributed by atoms with Crippen LogP contribution in [0.2, 0.25) is 0 Å². The summed E-state index contributed by atoms with van der Waals surface area (Å²) < 4.78 is 0. The van der Waals surface area contributed by atoms with Gasteiger partial charge in [0.05, 0.1) is 11.4 Å². The van der Waals surface area contributed by atoms with E-state index in [-0.39, 0.29) is 17.7 Å². The molecule has 2 amide bonds. The van der Waals surface area contributed by atoms with E-state index >= 15 is 0 Å². The van der Waals surface area contributed by atoms with Gasteiger partial charge in [0, 0.05) is 18.9 Å². The van der Waals surface area contributed by atoms with Crippen LogP contribution in [0.1, 0.15) is 25.7 Å². The van der Waals surface area contributed by atoms with Crippen LogP contribution in [-0.2, 0) is 9.59 Å². The molecule has 0 unspecified atom stereocenters. The number of para-hydroxylation sites is 2. The second kappa shape index (κ2) is 6.22. The van der Waals surface area contributed by atoms with Crippen molar-refractivity contribution in [3.05, 3.63) is 24.3 Å². The zero-order chi connectivity index (χ0) is 13.7. The molecule has 0 spiro atoms. The third kappa shape index (κ3) is 4.28. The second-order valence-corrected chi connectivity index (χ2v) is 4.80. The van der Waals surface area contributed by atoms with E-state index in [1.807, 2.05) is 12.1 Å². The molecule has 0 atom stereocenters. The number of nitrogens with one attached hydrogen (secondary N) is 2. The molecule has 1 saturated carbocycles. The highest BCUT2D eigenvalue weighted by atomic mass is 16.2. The SMILES string of the molecule is Nc1ccccc1NC(=O)CCCNC(=O)C1CC1. The lowest BCUT2D eigenvalue weighted by molar-refractivity contribution is -0.122. The van der Waals surface area contributed by atoms with E-state index in [4.69, 9.17) is 5.73 Å². The first-order chi connectivity index (χ1) is 9.16.